The lowest BCUT2D eigenvalue weighted by Gasteiger charge is -2.37. The second-order valence-electron chi connectivity index (χ2n) is 6.34. The highest BCUT2D eigenvalue weighted by Crippen LogP contribution is 2.34. The van der Waals surface area contributed by atoms with Gasteiger partial charge in [-0.2, -0.15) is 0 Å². The minimum Gasteiger partial charge on any atom is -0.465 e. The Kier molecular flexibility index (Phi) is 4.20. The molecule has 2 fully saturated rings. The minimum absolute atomic E-state index is 0.118. The van der Waals surface area contributed by atoms with E-state index in [-0.39, 0.29) is 24.5 Å². The molecule has 3 rings (SSSR count). The first-order valence-electron chi connectivity index (χ1n) is 7.93. The van der Waals surface area contributed by atoms with Crippen molar-refractivity contribution in [1.29, 1.82) is 0 Å². The molecule has 2 atom stereocenters. The van der Waals surface area contributed by atoms with Gasteiger partial charge in [-0.3, -0.25) is 14.6 Å². The number of amides is 3. The van der Waals surface area contributed by atoms with Gasteiger partial charge < -0.3 is 9.73 Å². The number of urea groups is 1. The third-order valence-electron chi connectivity index (χ3n) is 4.56. The fourth-order valence-electron chi connectivity index (χ4n) is 3.28. The Hall–Kier alpha value is -1.82. The Morgan fingerprint density at radius 1 is 1.41 bits per heavy atom. The maximum atomic E-state index is 12.4. The number of aryl methyl sites for hydroxylation is 1. The van der Waals surface area contributed by atoms with Crippen LogP contribution in [-0.2, 0) is 4.79 Å². The second kappa shape index (κ2) is 6.12. The lowest BCUT2D eigenvalue weighted by Crippen LogP contribution is -2.45. The van der Waals surface area contributed by atoms with Crippen LogP contribution in [0.15, 0.2) is 16.5 Å². The van der Waals surface area contributed by atoms with Crippen LogP contribution >= 0.6 is 0 Å². The van der Waals surface area contributed by atoms with Crippen molar-refractivity contribution in [3.63, 3.8) is 0 Å². The average molecular weight is 305 g/mol. The minimum atomic E-state index is -0.277. The van der Waals surface area contributed by atoms with Crippen LogP contribution in [0.4, 0.5) is 4.79 Å². The lowest BCUT2D eigenvalue weighted by molar-refractivity contribution is -0.130. The summed E-state index contributed by atoms with van der Waals surface area (Å²) in [6.07, 6.45) is 2.04. The van der Waals surface area contributed by atoms with Gasteiger partial charge in [-0.25, -0.2) is 4.79 Å². The van der Waals surface area contributed by atoms with Crippen LogP contribution in [0, 0.1) is 12.8 Å². The zero-order valence-electron chi connectivity index (χ0n) is 13.2. The van der Waals surface area contributed by atoms with Gasteiger partial charge in [0.15, 0.2) is 0 Å². The normalized spacial score (nSPS) is 26.3. The van der Waals surface area contributed by atoms with Crippen molar-refractivity contribution >= 4 is 11.9 Å². The molecule has 2 saturated heterocycles. The Morgan fingerprint density at radius 2 is 2.23 bits per heavy atom. The number of carbonyl (C=O) groups excluding carboxylic acids is 2. The van der Waals surface area contributed by atoms with Gasteiger partial charge in [-0.1, -0.05) is 6.92 Å². The SMILES string of the molecule is Cc1ccc([C@@H]2C[C@H](C)CCN2CC(=O)N2CCNC2=O)o1. The highest BCUT2D eigenvalue weighted by Gasteiger charge is 2.34. The van der Waals surface area contributed by atoms with E-state index < -0.39 is 0 Å². The molecule has 0 bridgehead atoms. The standard InChI is InChI=1S/C16H23N3O3/c1-11-5-7-18(10-15(20)19-8-6-17-16(19)21)13(9-11)14-4-3-12(2)22-14/h3-4,11,13H,5-10H2,1-2H3,(H,17,21)/t11-,13+/m1/s1. The summed E-state index contributed by atoms with van der Waals surface area (Å²) in [7, 11) is 0. The summed E-state index contributed by atoms with van der Waals surface area (Å²) < 4.78 is 5.78. The van der Waals surface area contributed by atoms with E-state index in [1.165, 1.54) is 4.90 Å². The van der Waals surface area contributed by atoms with Gasteiger partial charge in [0.25, 0.3) is 0 Å². The van der Waals surface area contributed by atoms with Gasteiger partial charge in [0.1, 0.15) is 11.5 Å². The molecule has 120 valence electrons. The van der Waals surface area contributed by atoms with Crippen LogP contribution in [-0.4, -0.2) is 47.9 Å². The summed E-state index contributed by atoms with van der Waals surface area (Å²) in [6.45, 7) is 6.29. The van der Waals surface area contributed by atoms with Crippen LogP contribution < -0.4 is 5.32 Å². The number of likely N-dealkylation sites (tertiary alicyclic amines) is 1. The number of imide groups is 1. The molecular formula is C16H23N3O3. The molecule has 2 aliphatic rings. The topological polar surface area (TPSA) is 65.8 Å². The first-order valence-corrected chi connectivity index (χ1v) is 7.93. The number of furan rings is 1. The van der Waals surface area contributed by atoms with E-state index in [0.29, 0.717) is 19.0 Å². The first kappa shape index (κ1) is 15.1. The highest BCUT2D eigenvalue weighted by molar-refractivity contribution is 5.96. The molecule has 1 aromatic heterocycles. The van der Waals surface area contributed by atoms with Crippen molar-refractivity contribution in [2.75, 3.05) is 26.2 Å². The maximum Gasteiger partial charge on any atom is 0.324 e. The van der Waals surface area contributed by atoms with Crippen LogP contribution in [0.3, 0.4) is 0 Å². The van der Waals surface area contributed by atoms with Gasteiger partial charge in [-0.15, -0.1) is 0 Å². The van der Waals surface area contributed by atoms with Gasteiger partial charge in [0, 0.05) is 13.1 Å². The number of hydrogen-bond acceptors (Lipinski definition) is 4. The van der Waals surface area contributed by atoms with Crippen LogP contribution in [0.2, 0.25) is 0 Å². The van der Waals surface area contributed by atoms with Crippen LogP contribution in [0.1, 0.15) is 37.3 Å². The zero-order valence-corrected chi connectivity index (χ0v) is 13.2. The van der Waals surface area contributed by atoms with Crippen molar-refractivity contribution in [2.24, 2.45) is 5.92 Å². The molecule has 0 aromatic carbocycles. The Labute approximate surface area is 130 Å². The average Bonchev–Trinajstić information content (AvgIpc) is 3.09. The molecule has 6 heteroatoms. The van der Waals surface area contributed by atoms with Crippen LogP contribution in [0.5, 0.6) is 0 Å². The number of piperidine rings is 1. The molecule has 0 radical (unpaired) electrons. The van der Waals surface area contributed by atoms with Crippen molar-refractivity contribution in [2.45, 2.75) is 32.7 Å². The summed E-state index contributed by atoms with van der Waals surface area (Å²) in [5, 5.41) is 2.67. The van der Waals surface area contributed by atoms with E-state index in [2.05, 4.69) is 17.1 Å². The monoisotopic (exact) mass is 305 g/mol. The Morgan fingerprint density at radius 3 is 2.86 bits per heavy atom. The third-order valence-corrected chi connectivity index (χ3v) is 4.56. The molecule has 6 nitrogen and oxygen atoms in total. The summed E-state index contributed by atoms with van der Waals surface area (Å²) in [5.41, 5.74) is 0. The molecule has 0 aliphatic carbocycles. The zero-order chi connectivity index (χ0) is 15.7. The van der Waals surface area contributed by atoms with Gasteiger partial charge in [0.2, 0.25) is 5.91 Å². The summed E-state index contributed by atoms with van der Waals surface area (Å²) >= 11 is 0. The van der Waals surface area contributed by atoms with E-state index in [1.54, 1.807) is 0 Å². The number of hydrogen-bond donors (Lipinski definition) is 1. The van der Waals surface area contributed by atoms with Gasteiger partial charge in [0.05, 0.1) is 12.6 Å². The molecular weight excluding hydrogens is 282 g/mol. The van der Waals surface area contributed by atoms with Crippen molar-refractivity contribution in [3.05, 3.63) is 23.7 Å². The van der Waals surface area contributed by atoms with Crippen LogP contribution in [0.25, 0.3) is 0 Å². The van der Waals surface area contributed by atoms with E-state index in [1.807, 2.05) is 19.1 Å². The van der Waals surface area contributed by atoms with E-state index >= 15 is 0 Å². The molecule has 2 aliphatic heterocycles. The van der Waals surface area contributed by atoms with Gasteiger partial charge >= 0.3 is 6.03 Å². The largest absolute Gasteiger partial charge is 0.465 e. The summed E-state index contributed by atoms with van der Waals surface area (Å²) in [4.78, 5) is 27.5. The first-order chi connectivity index (χ1) is 10.5. The lowest BCUT2D eigenvalue weighted by atomic mass is 9.91. The van der Waals surface area contributed by atoms with Crippen molar-refractivity contribution < 1.29 is 14.0 Å². The Balaban J connectivity index is 1.72. The summed E-state index contributed by atoms with van der Waals surface area (Å²) in [6, 6.07) is 3.80. The molecule has 0 spiro atoms. The fraction of sp³-hybridized carbons (Fsp3) is 0.625. The molecule has 1 aromatic rings. The van der Waals surface area contributed by atoms with Gasteiger partial charge in [-0.05, 0) is 44.4 Å². The second-order valence-corrected chi connectivity index (χ2v) is 6.34. The Bertz CT molecular complexity index is 569. The molecule has 0 unspecified atom stereocenters. The fourth-order valence-corrected chi connectivity index (χ4v) is 3.28. The predicted octanol–water partition coefficient (Wildman–Crippen LogP) is 1.91. The number of nitrogens with zero attached hydrogens (tertiary/aromatic N) is 2. The molecule has 1 N–H and O–H groups in total. The molecule has 22 heavy (non-hydrogen) atoms. The predicted molar refractivity (Wildman–Crippen MR) is 81.3 cm³/mol. The van der Waals surface area contributed by atoms with Crippen molar-refractivity contribution in [3.8, 4) is 0 Å². The maximum absolute atomic E-state index is 12.4. The molecule has 0 saturated carbocycles. The molecule has 3 heterocycles. The van der Waals surface area contributed by atoms with E-state index in [4.69, 9.17) is 4.42 Å². The van der Waals surface area contributed by atoms with Crippen molar-refractivity contribution in [1.82, 2.24) is 15.1 Å². The number of rotatable bonds is 3. The third kappa shape index (κ3) is 3.02. The number of nitrogens with one attached hydrogen (secondary N) is 1. The van der Waals surface area contributed by atoms with E-state index in [9.17, 15) is 9.59 Å². The molecule has 3 amide bonds. The quantitative estimate of drug-likeness (QED) is 0.926. The summed E-state index contributed by atoms with van der Waals surface area (Å²) in [5.74, 6) is 2.29. The number of carbonyl (C=O) groups is 2. The highest BCUT2D eigenvalue weighted by atomic mass is 16.3. The van der Waals surface area contributed by atoms with E-state index in [0.717, 1.165) is 30.9 Å². The smallest absolute Gasteiger partial charge is 0.324 e.